The molecule has 2 aliphatic rings. The molecule has 0 radical (unpaired) electrons. The van der Waals surface area contributed by atoms with Crippen LogP contribution in [-0.2, 0) is 35.0 Å². The minimum atomic E-state index is -0.991. The Kier molecular flexibility index (Phi) is 12.9. The lowest BCUT2D eigenvalue weighted by Crippen LogP contribution is -2.46. The number of alkyl carbamates (subject to hydrolysis) is 1. The lowest BCUT2D eigenvalue weighted by Gasteiger charge is -2.23. The number of ether oxygens (including phenoxy) is 3. The molecule has 5 N–H and O–H groups in total. The van der Waals surface area contributed by atoms with Gasteiger partial charge in [-0.05, 0) is 59.6 Å². The summed E-state index contributed by atoms with van der Waals surface area (Å²) in [5.41, 5.74) is 6.26. The first-order chi connectivity index (χ1) is 25.9. The Hall–Kier alpha value is -5.46. The number of H-pyrrole nitrogens is 1. The fourth-order valence-corrected chi connectivity index (χ4v) is 7.00. The summed E-state index contributed by atoms with van der Waals surface area (Å²) in [4.78, 5) is 56.5. The first-order valence-corrected chi connectivity index (χ1v) is 18.1. The second-order valence-corrected chi connectivity index (χ2v) is 13.3. The van der Waals surface area contributed by atoms with Crippen molar-refractivity contribution in [2.24, 2.45) is 5.92 Å². The number of aromatic amines is 1. The van der Waals surface area contributed by atoms with Gasteiger partial charge in [-0.2, -0.15) is 0 Å². The van der Waals surface area contributed by atoms with E-state index in [9.17, 15) is 19.2 Å². The summed E-state index contributed by atoms with van der Waals surface area (Å²) in [7, 11) is 0. The van der Waals surface area contributed by atoms with E-state index in [1.165, 1.54) is 0 Å². The van der Waals surface area contributed by atoms with Gasteiger partial charge in [-0.25, -0.2) is 9.59 Å². The van der Waals surface area contributed by atoms with E-state index in [0.717, 1.165) is 38.7 Å². The van der Waals surface area contributed by atoms with Gasteiger partial charge in [-0.1, -0.05) is 78.9 Å². The van der Waals surface area contributed by atoms with Crippen LogP contribution in [0.2, 0.25) is 0 Å². The molecule has 12 heteroatoms. The van der Waals surface area contributed by atoms with Crippen molar-refractivity contribution in [2.75, 3.05) is 39.6 Å². The largest absolute Gasteiger partial charge is 0.462 e. The molecule has 0 spiro atoms. The summed E-state index contributed by atoms with van der Waals surface area (Å²) >= 11 is 0. The molecule has 3 amide bonds. The van der Waals surface area contributed by atoms with E-state index in [1.54, 1.807) is 0 Å². The Bertz CT molecular complexity index is 1880. The Labute approximate surface area is 308 Å². The van der Waals surface area contributed by atoms with Gasteiger partial charge >= 0.3 is 12.1 Å². The van der Waals surface area contributed by atoms with Gasteiger partial charge in [0, 0.05) is 36.0 Å². The summed E-state index contributed by atoms with van der Waals surface area (Å²) in [6, 6.07) is 22.3. The van der Waals surface area contributed by atoms with Crippen LogP contribution in [0.4, 0.5) is 4.79 Å². The molecule has 0 saturated heterocycles. The molecule has 0 saturated carbocycles. The molecule has 278 valence electrons. The van der Waals surface area contributed by atoms with E-state index >= 15 is 0 Å². The van der Waals surface area contributed by atoms with Crippen LogP contribution in [0.5, 0.6) is 0 Å². The monoisotopic (exact) mass is 722 g/mol. The number of aliphatic hydroxyl groups excluding tert-OH is 1. The van der Waals surface area contributed by atoms with E-state index < -0.39 is 30.1 Å². The number of fused-ring (bicyclic) bond motifs is 4. The molecule has 3 aromatic carbocycles. The van der Waals surface area contributed by atoms with Crippen LogP contribution in [0.3, 0.4) is 0 Å². The topological polar surface area (TPSA) is 168 Å². The average Bonchev–Trinajstić information content (AvgIpc) is 3.73. The number of nitrogens with one attached hydrogen (secondary N) is 4. The average molecular weight is 723 g/mol. The molecule has 6 rings (SSSR count). The van der Waals surface area contributed by atoms with Gasteiger partial charge in [0.15, 0.2) is 0 Å². The number of carbonyl (C=O) groups excluding carboxylic acids is 4. The minimum Gasteiger partial charge on any atom is -0.462 e. The van der Waals surface area contributed by atoms with Gasteiger partial charge in [-0.3, -0.25) is 9.59 Å². The summed E-state index contributed by atoms with van der Waals surface area (Å²) in [5.74, 6) is -2.09. The number of aliphatic hydroxyl groups is 1. The molecule has 0 bridgehead atoms. The molecule has 1 aliphatic heterocycles. The van der Waals surface area contributed by atoms with Gasteiger partial charge in [0.05, 0.1) is 31.8 Å². The van der Waals surface area contributed by atoms with Gasteiger partial charge < -0.3 is 40.3 Å². The number of benzene rings is 3. The highest BCUT2D eigenvalue weighted by Crippen LogP contribution is 2.44. The quantitative estimate of drug-likeness (QED) is 0.0809. The molecule has 3 atom stereocenters. The van der Waals surface area contributed by atoms with Crippen molar-refractivity contribution in [1.82, 2.24) is 20.9 Å². The van der Waals surface area contributed by atoms with Crippen LogP contribution in [0.15, 0.2) is 91.1 Å². The van der Waals surface area contributed by atoms with E-state index in [0.29, 0.717) is 19.3 Å². The molecule has 12 nitrogen and oxygen atoms in total. The number of allylic oxidation sites excluding steroid dienone is 2. The van der Waals surface area contributed by atoms with Gasteiger partial charge in [0.25, 0.3) is 0 Å². The van der Waals surface area contributed by atoms with Crippen molar-refractivity contribution in [3.63, 3.8) is 0 Å². The van der Waals surface area contributed by atoms with E-state index in [4.69, 9.17) is 19.3 Å². The maximum Gasteiger partial charge on any atom is 0.407 e. The molecule has 1 aliphatic carbocycles. The maximum atomic E-state index is 13.7. The second kappa shape index (κ2) is 18.3. The number of para-hydroxylation sites is 1. The lowest BCUT2D eigenvalue weighted by atomic mass is 9.97. The summed E-state index contributed by atoms with van der Waals surface area (Å²) in [5, 5.41) is 18.4. The van der Waals surface area contributed by atoms with E-state index in [2.05, 4.69) is 33.1 Å². The smallest absolute Gasteiger partial charge is 0.407 e. The Balaban J connectivity index is 1.13. The molecular weight excluding hydrogens is 676 g/mol. The number of amides is 3. The predicted octanol–water partition coefficient (Wildman–Crippen LogP) is 4.52. The van der Waals surface area contributed by atoms with Crippen molar-refractivity contribution < 1.29 is 38.5 Å². The third-order valence-corrected chi connectivity index (χ3v) is 9.65. The number of hydrogen-bond acceptors (Lipinski definition) is 8. The first kappa shape index (κ1) is 37.3. The predicted molar refractivity (Wildman–Crippen MR) is 199 cm³/mol. The summed E-state index contributed by atoms with van der Waals surface area (Å²) in [6.45, 7) is 0.513. The SMILES string of the molecule is O=C(CC1CC=CCCC(NC(=O)OCC2c3ccccc3-c3ccccc32)C(=O)OCC(Cc2c[nH]c3ccccc23)NC1=O)NCCOCCO. The van der Waals surface area contributed by atoms with Crippen LogP contribution in [0.25, 0.3) is 22.0 Å². The zero-order valence-electron chi connectivity index (χ0n) is 29.6. The fourth-order valence-electron chi connectivity index (χ4n) is 7.00. The molecule has 53 heavy (non-hydrogen) atoms. The normalized spacial score (nSPS) is 19.2. The number of rotatable bonds is 12. The summed E-state index contributed by atoms with van der Waals surface area (Å²) in [6.07, 6.45) is 6.04. The third-order valence-electron chi connectivity index (χ3n) is 9.65. The Morgan fingerprint density at radius 3 is 2.43 bits per heavy atom. The van der Waals surface area contributed by atoms with Gasteiger partial charge in [-0.15, -0.1) is 0 Å². The van der Waals surface area contributed by atoms with Crippen molar-refractivity contribution >= 4 is 34.8 Å². The zero-order chi connectivity index (χ0) is 37.0. The number of aromatic nitrogens is 1. The molecular formula is C41H46N4O8. The standard InChI is InChI=1S/C41H46N4O8/c46-19-21-51-20-18-42-38(47)23-27-10-2-1-3-17-37(40(49)52-25-29(44-39(27)48)22-28-24-43-36-16-9-8-11-30(28)36)45-41(50)53-26-35-33-14-6-4-12-31(33)32-13-5-7-15-34(32)35/h1-2,4-9,11-16,24,27,29,35,37,43,46H,3,10,17-23,25-26H2,(H,42,47)(H,44,48)(H,45,50). The van der Waals surface area contributed by atoms with Crippen LogP contribution in [0, 0.1) is 5.92 Å². The van der Waals surface area contributed by atoms with Crippen molar-refractivity contribution in [3.05, 3.63) is 108 Å². The van der Waals surface area contributed by atoms with Crippen molar-refractivity contribution in [3.8, 4) is 11.1 Å². The highest BCUT2D eigenvalue weighted by molar-refractivity contribution is 5.87. The second-order valence-electron chi connectivity index (χ2n) is 13.3. The van der Waals surface area contributed by atoms with Gasteiger partial charge in [0.2, 0.25) is 11.8 Å². The van der Waals surface area contributed by atoms with Crippen molar-refractivity contribution in [2.45, 2.75) is 50.1 Å². The highest BCUT2D eigenvalue weighted by atomic mass is 16.6. The van der Waals surface area contributed by atoms with E-state index in [1.807, 2.05) is 79.0 Å². The van der Waals surface area contributed by atoms with Crippen LogP contribution in [-0.4, -0.2) is 85.6 Å². The Morgan fingerprint density at radius 1 is 0.925 bits per heavy atom. The van der Waals surface area contributed by atoms with Gasteiger partial charge in [0.1, 0.15) is 19.3 Å². The van der Waals surface area contributed by atoms with Crippen LogP contribution < -0.4 is 16.0 Å². The number of carbonyl (C=O) groups is 4. The zero-order valence-corrected chi connectivity index (χ0v) is 29.6. The van der Waals surface area contributed by atoms with Crippen molar-refractivity contribution in [1.29, 1.82) is 0 Å². The Morgan fingerprint density at radius 2 is 1.66 bits per heavy atom. The molecule has 4 aromatic rings. The highest BCUT2D eigenvalue weighted by Gasteiger charge is 2.31. The minimum absolute atomic E-state index is 0.0538. The third kappa shape index (κ3) is 9.70. The lowest BCUT2D eigenvalue weighted by molar-refractivity contribution is -0.147. The van der Waals surface area contributed by atoms with E-state index in [-0.39, 0.29) is 70.2 Å². The fraction of sp³-hybridized carbons (Fsp3) is 0.366. The first-order valence-electron chi connectivity index (χ1n) is 18.1. The number of esters is 1. The maximum absolute atomic E-state index is 13.7. The molecule has 1 aromatic heterocycles. The molecule has 0 fully saturated rings. The van der Waals surface area contributed by atoms with Crippen LogP contribution >= 0.6 is 0 Å². The molecule has 2 heterocycles. The number of hydrogen-bond donors (Lipinski definition) is 5. The summed E-state index contributed by atoms with van der Waals surface area (Å²) < 4.78 is 16.7. The molecule has 3 unspecified atom stereocenters. The number of cyclic esters (lactones) is 1. The van der Waals surface area contributed by atoms with Crippen LogP contribution in [0.1, 0.15) is 48.3 Å².